The van der Waals surface area contributed by atoms with Crippen LogP contribution in [0.3, 0.4) is 0 Å². The van der Waals surface area contributed by atoms with E-state index in [-0.39, 0.29) is 18.4 Å². The van der Waals surface area contributed by atoms with Gasteiger partial charge in [0.1, 0.15) is 23.2 Å². The van der Waals surface area contributed by atoms with Gasteiger partial charge in [-0.25, -0.2) is 0 Å². The van der Waals surface area contributed by atoms with Gasteiger partial charge in [0.25, 0.3) is 0 Å². The lowest BCUT2D eigenvalue weighted by Crippen LogP contribution is -3.00. The molecule has 0 radical (unpaired) electrons. The maximum Gasteiger partial charge on any atom is 0.311 e. The fraction of sp³-hybridized carbons (Fsp3) is 0.296. The van der Waals surface area contributed by atoms with Crippen LogP contribution in [0, 0.1) is 5.41 Å². The molecule has 0 bridgehead atoms. The van der Waals surface area contributed by atoms with Crippen molar-refractivity contribution in [3.05, 3.63) is 91.0 Å². The molecule has 0 fully saturated rings. The summed E-state index contributed by atoms with van der Waals surface area (Å²) in [7, 11) is -1.79. The van der Waals surface area contributed by atoms with E-state index in [9.17, 15) is 4.79 Å². The van der Waals surface area contributed by atoms with Crippen molar-refractivity contribution in [3.8, 4) is 0 Å². The van der Waals surface area contributed by atoms with Gasteiger partial charge in [0, 0.05) is 0 Å². The fourth-order valence-corrected chi connectivity index (χ4v) is 8.12. The molecule has 0 amide bonds. The SMILES string of the molecule is CC(C)(C)C(=O)OCCCC[P+](c1ccccc1)(c1ccccc1)c1ccccc1.[Cl-]. The minimum Gasteiger partial charge on any atom is -1.00 e. The molecule has 0 heterocycles. The molecule has 4 heteroatoms. The number of carbonyl (C=O) groups excluding carboxylic acids is 1. The molecule has 0 saturated heterocycles. The molecule has 0 saturated carbocycles. The molecule has 164 valence electrons. The van der Waals surface area contributed by atoms with E-state index in [4.69, 9.17) is 4.74 Å². The van der Waals surface area contributed by atoms with Crippen molar-refractivity contribution in [3.63, 3.8) is 0 Å². The van der Waals surface area contributed by atoms with E-state index in [0.29, 0.717) is 6.61 Å². The molecule has 0 spiro atoms. The second-order valence-electron chi connectivity index (χ2n) is 8.63. The second kappa shape index (κ2) is 11.5. The minimum atomic E-state index is -1.79. The highest BCUT2D eigenvalue weighted by atomic mass is 35.5. The summed E-state index contributed by atoms with van der Waals surface area (Å²) in [6.45, 7) is 6.17. The Morgan fingerprint density at radius 3 is 1.45 bits per heavy atom. The van der Waals surface area contributed by atoms with Gasteiger partial charge in [-0.3, -0.25) is 4.79 Å². The number of carbonyl (C=O) groups is 1. The smallest absolute Gasteiger partial charge is 0.311 e. The van der Waals surface area contributed by atoms with Gasteiger partial charge in [-0.15, -0.1) is 0 Å². The number of unbranched alkanes of at least 4 members (excludes halogenated alkanes) is 1. The zero-order chi connectivity index (χ0) is 21.5. The van der Waals surface area contributed by atoms with Gasteiger partial charge in [-0.2, -0.15) is 0 Å². The van der Waals surface area contributed by atoms with Crippen LogP contribution in [0.5, 0.6) is 0 Å². The largest absolute Gasteiger partial charge is 1.00 e. The number of rotatable bonds is 8. The Balaban J connectivity index is 0.00000341. The van der Waals surface area contributed by atoms with Crippen molar-refractivity contribution in [2.75, 3.05) is 12.8 Å². The first-order chi connectivity index (χ1) is 14.4. The number of halogens is 1. The third kappa shape index (κ3) is 6.19. The molecule has 3 aromatic rings. The van der Waals surface area contributed by atoms with Crippen molar-refractivity contribution in [1.82, 2.24) is 0 Å². The van der Waals surface area contributed by atoms with Crippen LogP contribution in [0.4, 0.5) is 0 Å². The van der Waals surface area contributed by atoms with Gasteiger partial charge < -0.3 is 17.1 Å². The highest BCUT2D eigenvalue weighted by Crippen LogP contribution is 2.55. The lowest BCUT2D eigenvalue weighted by Gasteiger charge is -2.27. The van der Waals surface area contributed by atoms with Crippen LogP contribution in [-0.2, 0) is 9.53 Å². The topological polar surface area (TPSA) is 26.3 Å². The summed E-state index contributed by atoms with van der Waals surface area (Å²) in [5, 5.41) is 4.19. The first-order valence-electron chi connectivity index (χ1n) is 10.7. The standard InChI is InChI=1S/C27H32O2P.ClH/c1-27(2,3)26(28)29-21-13-14-22-30(23-15-7-4-8-16-23,24-17-9-5-10-18-24)25-19-11-6-12-20-25;/h4-12,15-20H,13-14,21-22H2,1-3H3;1H/q+1;/p-1. The van der Waals surface area contributed by atoms with Gasteiger partial charge in [0.2, 0.25) is 0 Å². The van der Waals surface area contributed by atoms with E-state index in [0.717, 1.165) is 19.0 Å². The summed E-state index contributed by atoms with van der Waals surface area (Å²) in [5.74, 6) is -0.127. The second-order valence-corrected chi connectivity index (χ2v) is 12.2. The lowest BCUT2D eigenvalue weighted by molar-refractivity contribution is -0.153. The van der Waals surface area contributed by atoms with E-state index in [2.05, 4.69) is 91.0 Å². The molecule has 0 N–H and O–H groups in total. The number of benzene rings is 3. The molecular weight excluding hydrogens is 423 g/mol. The van der Waals surface area contributed by atoms with Crippen LogP contribution in [0.25, 0.3) is 0 Å². The molecule has 31 heavy (non-hydrogen) atoms. The molecule has 0 aliphatic heterocycles. The quantitative estimate of drug-likeness (QED) is 0.297. The van der Waals surface area contributed by atoms with Crippen molar-refractivity contribution < 1.29 is 21.9 Å². The molecule has 0 unspecified atom stereocenters. The van der Waals surface area contributed by atoms with Crippen LogP contribution in [0.1, 0.15) is 33.6 Å². The van der Waals surface area contributed by atoms with Crippen LogP contribution in [0.15, 0.2) is 91.0 Å². The average molecular weight is 455 g/mol. The third-order valence-corrected chi connectivity index (χ3v) is 9.85. The van der Waals surface area contributed by atoms with Gasteiger partial charge in [-0.1, -0.05) is 54.6 Å². The third-order valence-electron chi connectivity index (χ3n) is 5.32. The van der Waals surface area contributed by atoms with Gasteiger partial charge in [0.15, 0.2) is 0 Å². The predicted octanol–water partition coefficient (Wildman–Crippen LogP) is 2.35. The van der Waals surface area contributed by atoms with Crippen LogP contribution in [0.2, 0.25) is 0 Å². The monoisotopic (exact) mass is 454 g/mol. The van der Waals surface area contributed by atoms with Crippen LogP contribution >= 0.6 is 7.26 Å². The lowest BCUT2D eigenvalue weighted by atomic mass is 9.97. The number of ether oxygens (including phenoxy) is 1. The summed E-state index contributed by atoms with van der Waals surface area (Å²) < 4.78 is 5.51. The van der Waals surface area contributed by atoms with Crippen molar-refractivity contribution in [1.29, 1.82) is 0 Å². The van der Waals surface area contributed by atoms with Crippen molar-refractivity contribution in [2.24, 2.45) is 5.41 Å². The highest BCUT2D eigenvalue weighted by molar-refractivity contribution is 7.95. The normalized spacial score (nSPS) is 11.5. The summed E-state index contributed by atoms with van der Waals surface area (Å²) >= 11 is 0. The Morgan fingerprint density at radius 2 is 1.10 bits per heavy atom. The first kappa shape index (κ1) is 25.1. The Kier molecular flexibility index (Phi) is 9.29. The van der Waals surface area contributed by atoms with Crippen LogP contribution < -0.4 is 28.3 Å². The first-order valence-corrected chi connectivity index (χ1v) is 12.6. The predicted molar refractivity (Wildman–Crippen MR) is 130 cm³/mol. The van der Waals surface area contributed by atoms with E-state index < -0.39 is 12.7 Å². The summed E-state index contributed by atoms with van der Waals surface area (Å²) in [4.78, 5) is 12.1. The van der Waals surface area contributed by atoms with Crippen molar-refractivity contribution in [2.45, 2.75) is 33.6 Å². The zero-order valence-corrected chi connectivity index (χ0v) is 20.3. The number of esters is 1. The molecule has 3 rings (SSSR count). The average Bonchev–Trinajstić information content (AvgIpc) is 2.77. The Bertz CT molecular complexity index is 825. The van der Waals surface area contributed by atoms with Crippen molar-refractivity contribution >= 4 is 29.1 Å². The maximum absolute atomic E-state index is 12.1. The number of hydrogen-bond donors (Lipinski definition) is 0. The fourth-order valence-electron chi connectivity index (χ4n) is 3.71. The molecule has 2 nitrogen and oxygen atoms in total. The molecule has 0 aliphatic carbocycles. The minimum absolute atomic E-state index is 0. The van der Waals surface area contributed by atoms with E-state index in [1.807, 2.05) is 20.8 Å². The molecule has 0 aromatic heterocycles. The zero-order valence-electron chi connectivity index (χ0n) is 18.6. The Hall–Kier alpha value is -2.15. The van der Waals surface area contributed by atoms with Gasteiger partial charge in [0.05, 0.1) is 18.2 Å². The molecular formula is C27H32ClO2P. The maximum atomic E-state index is 12.1. The van der Waals surface area contributed by atoms with E-state index in [1.165, 1.54) is 15.9 Å². The summed E-state index contributed by atoms with van der Waals surface area (Å²) in [6.07, 6.45) is 2.93. The summed E-state index contributed by atoms with van der Waals surface area (Å²) in [5.41, 5.74) is -0.450. The summed E-state index contributed by atoms with van der Waals surface area (Å²) in [6, 6.07) is 32.7. The molecule has 0 aliphatic rings. The Labute approximate surface area is 193 Å². The van der Waals surface area contributed by atoms with Crippen LogP contribution in [-0.4, -0.2) is 18.7 Å². The number of hydrogen-bond acceptors (Lipinski definition) is 2. The van der Waals surface area contributed by atoms with E-state index >= 15 is 0 Å². The van der Waals surface area contributed by atoms with Gasteiger partial charge >= 0.3 is 5.97 Å². The van der Waals surface area contributed by atoms with E-state index in [1.54, 1.807) is 0 Å². The molecule has 3 aromatic carbocycles. The highest BCUT2D eigenvalue weighted by Gasteiger charge is 2.44. The van der Waals surface area contributed by atoms with Gasteiger partial charge in [-0.05, 0) is 70.0 Å². The Morgan fingerprint density at radius 1 is 0.710 bits per heavy atom. The molecule has 0 atom stereocenters.